The monoisotopic (exact) mass is 451 g/mol. The number of pyridine rings is 1. The summed E-state index contributed by atoms with van der Waals surface area (Å²) >= 11 is 6.47. The van der Waals surface area contributed by atoms with Crippen molar-refractivity contribution in [3.05, 3.63) is 59.0 Å². The van der Waals surface area contributed by atoms with Crippen molar-refractivity contribution in [2.45, 2.75) is 46.6 Å². The number of hydrogen-bond donors (Lipinski definition) is 2. The van der Waals surface area contributed by atoms with Crippen molar-refractivity contribution in [2.24, 2.45) is 5.41 Å². The number of nitrogens with zero attached hydrogens (tertiary/aromatic N) is 3. The third kappa shape index (κ3) is 4.53. The van der Waals surface area contributed by atoms with Crippen molar-refractivity contribution in [3.8, 4) is 11.1 Å². The molecule has 0 saturated carbocycles. The smallest absolute Gasteiger partial charge is 0.232 e. The zero-order chi connectivity index (χ0) is 23.0. The fraction of sp³-hybridized carbons (Fsp3) is 0.333. The summed E-state index contributed by atoms with van der Waals surface area (Å²) < 4.78 is 2.02. The Morgan fingerprint density at radius 1 is 1.16 bits per heavy atom. The van der Waals surface area contributed by atoms with Gasteiger partial charge in [-0.3, -0.25) is 14.3 Å². The summed E-state index contributed by atoms with van der Waals surface area (Å²) in [4.78, 5) is 28.5. The van der Waals surface area contributed by atoms with Crippen LogP contribution in [0, 0.1) is 5.41 Å². The number of hydrogen-bond acceptors (Lipinski definition) is 4. The fourth-order valence-electron chi connectivity index (χ4n) is 4.06. The number of benzene rings is 1. The first-order chi connectivity index (χ1) is 15.1. The molecular weight excluding hydrogens is 426 g/mol. The van der Waals surface area contributed by atoms with E-state index in [0.29, 0.717) is 16.5 Å². The van der Waals surface area contributed by atoms with Crippen LogP contribution in [0.4, 0.5) is 11.5 Å². The van der Waals surface area contributed by atoms with Gasteiger partial charge in [-0.1, -0.05) is 37.6 Å². The highest BCUT2D eigenvalue weighted by molar-refractivity contribution is 6.33. The molecule has 0 aliphatic carbocycles. The number of carbonyl (C=O) groups excluding carboxylic acids is 2. The maximum absolute atomic E-state index is 12.9. The summed E-state index contributed by atoms with van der Waals surface area (Å²) in [5.41, 5.74) is 4.50. The third-order valence-electron chi connectivity index (χ3n) is 5.67. The molecule has 4 rings (SSSR count). The standard InChI is InChI=1S/C24H26ClN5O2/c1-14(16-6-5-7-17(8-16)28-15(2)31)23(32)29-22-9-18(20(25)12-26-22)19-11-27-30-13-24(3,4)10-21(19)30/h5-9,11-12,14H,10,13H2,1-4H3,(H,28,31)(H,26,29,32). The first-order valence-electron chi connectivity index (χ1n) is 10.5. The molecule has 0 spiro atoms. The molecule has 0 radical (unpaired) electrons. The number of carbonyl (C=O) groups is 2. The lowest BCUT2D eigenvalue weighted by molar-refractivity contribution is -0.117. The number of nitrogens with one attached hydrogen (secondary N) is 2. The molecule has 7 nitrogen and oxygen atoms in total. The van der Waals surface area contributed by atoms with E-state index in [9.17, 15) is 9.59 Å². The average Bonchev–Trinajstić information content (AvgIpc) is 3.23. The van der Waals surface area contributed by atoms with E-state index in [4.69, 9.17) is 11.6 Å². The Kier molecular flexibility index (Phi) is 5.77. The Morgan fingerprint density at radius 2 is 1.94 bits per heavy atom. The summed E-state index contributed by atoms with van der Waals surface area (Å²) in [6.45, 7) is 8.56. The van der Waals surface area contributed by atoms with Gasteiger partial charge in [0.05, 0.1) is 17.1 Å². The Labute approximate surface area is 192 Å². The number of rotatable bonds is 5. The average molecular weight is 452 g/mol. The molecule has 166 valence electrons. The van der Waals surface area contributed by atoms with Gasteiger partial charge < -0.3 is 10.6 Å². The third-order valence-corrected chi connectivity index (χ3v) is 5.97. The van der Waals surface area contributed by atoms with Crippen LogP contribution in [0.2, 0.25) is 5.02 Å². The molecule has 32 heavy (non-hydrogen) atoms. The molecule has 2 aromatic heterocycles. The topological polar surface area (TPSA) is 88.9 Å². The number of fused-ring (bicyclic) bond motifs is 1. The maximum Gasteiger partial charge on any atom is 0.232 e. The molecular formula is C24H26ClN5O2. The van der Waals surface area contributed by atoms with Gasteiger partial charge in [0.15, 0.2) is 0 Å². The lowest BCUT2D eigenvalue weighted by atomic mass is 9.89. The van der Waals surface area contributed by atoms with Crippen molar-refractivity contribution in [2.75, 3.05) is 10.6 Å². The van der Waals surface area contributed by atoms with E-state index in [1.54, 1.807) is 24.4 Å². The summed E-state index contributed by atoms with van der Waals surface area (Å²) in [6.07, 6.45) is 4.29. The van der Waals surface area contributed by atoms with Crippen molar-refractivity contribution >= 4 is 34.9 Å². The van der Waals surface area contributed by atoms with Crippen LogP contribution in [0.15, 0.2) is 42.7 Å². The summed E-state index contributed by atoms with van der Waals surface area (Å²) in [6, 6.07) is 9.04. The van der Waals surface area contributed by atoms with Crippen LogP contribution in [0.3, 0.4) is 0 Å². The van der Waals surface area contributed by atoms with E-state index in [1.165, 1.54) is 6.92 Å². The van der Waals surface area contributed by atoms with E-state index in [2.05, 4.69) is 34.6 Å². The Balaban J connectivity index is 1.55. The maximum atomic E-state index is 12.9. The zero-order valence-corrected chi connectivity index (χ0v) is 19.3. The van der Waals surface area contributed by atoms with E-state index in [1.807, 2.05) is 29.9 Å². The molecule has 0 bridgehead atoms. The lowest BCUT2D eigenvalue weighted by Gasteiger charge is -2.15. The van der Waals surface area contributed by atoms with Gasteiger partial charge in [0.2, 0.25) is 11.8 Å². The molecule has 1 aliphatic rings. The van der Waals surface area contributed by atoms with Crippen molar-refractivity contribution in [3.63, 3.8) is 0 Å². The number of aromatic nitrogens is 3. The Morgan fingerprint density at radius 3 is 2.69 bits per heavy atom. The van der Waals surface area contributed by atoms with Gasteiger partial charge in [-0.05, 0) is 42.5 Å². The molecule has 0 saturated heterocycles. The van der Waals surface area contributed by atoms with Crippen molar-refractivity contribution in [1.29, 1.82) is 0 Å². The van der Waals surface area contributed by atoms with Crippen LogP contribution in [-0.4, -0.2) is 26.6 Å². The van der Waals surface area contributed by atoms with E-state index in [0.717, 1.165) is 35.3 Å². The van der Waals surface area contributed by atoms with Gasteiger partial charge in [-0.15, -0.1) is 0 Å². The van der Waals surface area contributed by atoms with Gasteiger partial charge in [-0.2, -0.15) is 5.10 Å². The van der Waals surface area contributed by atoms with Crippen LogP contribution in [0.1, 0.15) is 44.9 Å². The van der Waals surface area contributed by atoms with Gasteiger partial charge in [0, 0.05) is 42.2 Å². The Hall–Kier alpha value is -3.19. The van der Waals surface area contributed by atoms with Crippen LogP contribution < -0.4 is 10.6 Å². The van der Waals surface area contributed by atoms with Crippen LogP contribution in [-0.2, 0) is 22.6 Å². The largest absolute Gasteiger partial charge is 0.326 e. The summed E-state index contributed by atoms with van der Waals surface area (Å²) in [5, 5.41) is 10.7. The summed E-state index contributed by atoms with van der Waals surface area (Å²) in [5.74, 6) is -0.374. The molecule has 3 aromatic rings. The minimum atomic E-state index is -0.439. The molecule has 1 aromatic carbocycles. The van der Waals surface area contributed by atoms with Gasteiger partial charge >= 0.3 is 0 Å². The molecule has 8 heteroatoms. The number of halogens is 1. The quantitative estimate of drug-likeness (QED) is 0.578. The second-order valence-corrected chi connectivity index (χ2v) is 9.48. The molecule has 1 aliphatic heterocycles. The van der Waals surface area contributed by atoms with Crippen molar-refractivity contribution < 1.29 is 9.59 Å². The lowest BCUT2D eigenvalue weighted by Crippen LogP contribution is -2.19. The molecule has 2 amide bonds. The zero-order valence-electron chi connectivity index (χ0n) is 18.6. The van der Waals surface area contributed by atoms with E-state index in [-0.39, 0.29) is 17.2 Å². The molecule has 3 heterocycles. The number of anilines is 2. The second-order valence-electron chi connectivity index (χ2n) is 9.07. The van der Waals surface area contributed by atoms with Crippen molar-refractivity contribution in [1.82, 2.24) is 14.8 Å². The normalized spacial score (nSPS) is 15.2. The van der Waals surface area contributed by atoms with Crippen LogP contribution in [0.25, 0.3) is 11.1 Å². The van der Waals surface area contributed by atoms with E-state index >= 15 is 0 Å². The van der Waals surface area contributed by atoms with Gasteiger partial charge in [0.1, 0.15) is 5.82 Å². The van der Waals surface area contributed by atoms with Gasteiger partial charge in [-0.25, -0.2) is 4.98 Å². The predicted molar refractivity (Wildman–Crippen MR) is 126 cm³/mol. The van der Waals surface area contributed by atoms with Crippen LogP contribution in [0.5, 0.6) is 0 Å². The summed E-state index contributed by atoms with van der Waals surface area (Å²) in [7, 11) is 0. The second kappa shape index (κ2) is 8.39. The first-order valence-corrected chi connectivity index (χ1v) is 10.9. The minimum absolute atomic E-state index is 0.149. The highest BCUT2D eigenvalue weighted by Crippen LogP contribution is 2.39. The molecule has 2 N–H and O–H groups in total. The molecule has 0 fully saturated rings. The van der Waals surface area contributed by atoms with Crippen LogP contribution >= 0.6 is 11.6 Å². The Bertz CT molecular complexity index is 1200. The SMILES string of the molecule is CC(=O)Nc1cccc(C(C)C(=O)Nc2cc(-c3cnn4c3CC(C)(C)C4)c(Cl)cn2)c1. The fourth-order valence-corrected chi connectivity index (χ4v) is 4.27. The molecule has 1 unspecified atom stereocenters. The number of amides is 2. The molecule has 1 atom stereocenters. The highest BCUT2D eigenvalue weighted by atomic mass is 35.5. The predicted octanol–water partition coefficient (Wildman–Crippen LogP) is 4.88. The minimum Gasteiger partial charge on any atom is -0.326 e. The van der Waals surface area contributed by atoms with E-state index < -0.39 is 5.92 Å². The first kappa shape index (κ1) is 22.0. The highest BCUT2D eigenvalue weighted by Gasteiger charge is 2.32. The van der Waals surface area contributed by atoms with Gasteiger partial charge in [0.25, 0.3) is 0 Å².